The first-order valence-electron chi connectivity index (χ1n) is 8.58. The quantitative estimate of drug-likeness (QED) is 0.509. The van der Waals surface area contributed by atoms with Crippen molar-refractivity contribution >= 4 is 27.6 Å². The molecule has 0 aliphatic heterocycles. The summed E-state index contributed by atoms with van der Waals surface area (Å²) in [7, 11) is 0. The van der Waals surface area contributed by atoms with E-state index in [1.54, 1.807) is 10.6 Å². The minimum atomic E-state index is -0.903. The van der Waals surface area contributed by atoms with Gasteiger partial charge in [0, 0.05) is 22.5 Å². The zero-order valence-electron chi connectivity index (χ0n) is 14.2. The lowest BCUT2D eigenvalue weighted by Crippen LogP contribution is -2.10. The van der Waals surface area contributed by atoms with E-state index < -0.39 is 5.97 Å². The Kier molecular flexibility index (Phi) is 3.02. The lowest BCUT2D eigenvalue weighted by molar-refractivity contribution is -0.137. The first-order valence-corrected chi connectivity index (χ1v) is 8.58. The SMILES string of the molecule is Cc1c(C2c3ccc4ccccc4c32)c2cc(F)ccc2n1CC(=O)O. The molecule has 4 aromatic rings. The second-order valence-electron chi connectivity index (χ2n) is 6.86. The Morgan fingerprint density at radius 2 is 1.88 bits per heavy atom. The summed E-state index contributed by atoms with van der Waals surface area (Å²) in [6.45, 7) is 1.80. The third-order valence-electron chi connectivity index (χ3n) is 5.44. The molecule has 1 unspecified atom stereocenters. The highest BCUT2D eigenvalue weighted by atomic mass is 19.1. The van der Waals surface area contributed by atoms with E-state index in [1.807, 2.05) is 19.1 Å². The lowest BCUT2D eigenvalue weighted by atomic mass is 10.0. The highest BCUT2D eigenvalue weighted by Gasteiger charge is 2.39. The van der Waals surface area contributed by atoms with Crippen LogP contribution in [0.3, 0.4) is 0 Å². The maximum Gasteiger partial charge on any atom is 0.323 e. The van der Waals surface area contributed by atoms with Gasteiger partial charge in [-0.2, -0.15) is 0 Å². The third-order valence-corrected chi connectivity index (χ3v) is 5.44. The standard InChI is InChI=1S/C22H16FNO2/c1-12-20(17-10-14(23)7-9-18(17)24(12)11-19(25)26)22-16-8-6-13-4-2-3-5-15(13)21(16)22/h2-10,22H,11H2,1H3,(H,25,26). The topological polar surface area (TPSA) is 42.2 Å². The first kappa shape index (κ1) is 15.1. The van der Waals surface area contributed by atoms with Crippen LogP contribution in [0.15, 0.2) is 54.6 Å². The number of benzene rings is 3. The predicted molar refractivity (Wildman–Crippen MR) is 99.2 cm³/mol. The molecule has 0 spiro atoms. The normalized spacial score (nSPS) is 15.4. The van der Waals surface area contributed by atoms with Crippen molar-refractivity contribution in [3.63, 3.8) is 0 Å². The molecule has 1 aromatic heterocycles. The molecule has 1 N–H and O–H groups in total. The van der Waals surface area contributed by atoms with Crippen LogP contribution in [0.1, 0.15) is 28.3 Å². The molecule has 1 atom stereocenters. The Hall–Kier alpha value is -3.14. The second-order valence-corrected chi connectivity index (χ2v) is 6.86. The fourth-order valence-corrected chi connectivity index (χ4v) is 4.29. The van der Waals surface area contributed by atoms with Crippen LogP contribution >= 0.6 is 0 Å². The summed E-state index contributed by atoms with van der Waals surface area (Å²) >= 11 is 0. The number of fused-ring (bicyclic) bond motifs is 4. The number of hydrogen-bond donors (Lipinski definition) is 1. The van der Waals surface area contributed by atoms with Crippen LogP contribution < -0.4 is 0 Å². The van der Waals surface area contributed by atoms with Gasteiger partial charge in [-0.25, -0.2) is 4.39 Å². The first-order chi connectivity index (χ1) is 12.6. The average molecular weight is 345 g/mol. The molecule has 0 saturated heterocycles. The number of carboxylic acid groups (broad SMARTS) is 1. The Balaban J connectivity index is 1.77. The van der Waals surface area contributed by atoms with Gasteiger partial charge in [0.05, 0.1) is 0 Å². The molecule has 1 heterocycles. The molecule has 128 valence electrons. The summed E-state index contributed by atoms with van der Waals surface area (Å²) in [6, 6.07) is 17.1. The van der Waals surface area contributed by atoms with E-state index in [9.17, 15) is 14.3 Å². The number of nitrogens with zero attached hydrogens (tertiary/aromatic N) is 1. The average Bonchev–Trinajstić information content (AvgIpc) is 3.29. The predicted octanol–water partition coefficient (Wildman–Crippen LogP) is 4.82. The summed E-state index contributed by atoms with van der Waals surface area (Å²) in [5, 5.41) is 12.5. The number of rotatable bonds is 3. The molecule has 0 radical (unpaired) electrons. The van der Waals surface area contributed by atoms with Crippen LogP contribution in [0.4, 0.5) is 4.39 Å². The third kappa shape index (κ3) is 2.02. The van der Waals surface area contributed by atoms with Crippen molar-refractivity contribution in [2.75, 3.05) is 0 Å². The number of aromatic nitrogens is 1. The van der Waals surface area contributed by atoms with Crippen LogP contribution in [0.2, 0.25) is 0 Å². The largest absolute Gasteiger partial charge is 0.480 e. The molecule has 0 bridgehead atoms. The molecule has 1 aliphatic carbocycles. The van der Waals surface area contributed by atoms with Crippen LogP contribution in [0.25, 0.3) is 21.7 Å². The molecule has 26 heavy (non-hydrogen) atoms. The second kappa shape index (κ2) is 5.18. The number of carbonyl (C=O) groups is 1. The molecule has 3 aromatic carbocycles. The highest BCUT2D eigenvalue weighted by molar-refractivity contribution is 5.97. The van der Waals surface area contributed by atoms with Gasteiger partial charge in [0.2, 0.25) is 0 Å². The zero-order chi connectivity index (χ0) is 18.0. The lowest BCUT2D eigenvalue weighted by Gasteiger charge is -2.05. The molecule has 0 fully saturated rings. The van der Waals surface area contributed by atoms with Gasteiger partial charge in [-0.1, -0.05) is 36.4 Å². The van der Waals surface area contributed by atoms with Gasteiger partial charge in [-0.3, -0.25) is 4.79 Å². The van der Waals surface area contributed by atoms with Crippen molar-refractivity contribution in [1.29, 1.82) is 0 Å². The fraction of sp³-hybridized carbons (Fsp3) is 0.136. The Bertz CT molecular complexity index is 1220. The van der Waals surface area contributed by atoms with Crippen molar-refractivity contribution in [3.05, 3.63) is 82.8 Å². The van der Waals surface area contributed by atoms with Crippen LogP contribution in [-0.2, 0) is 11.3 Å². The molecular formula is C22H16FNO2. The van der Waals surface area contributed by atoms with E-state index in [1.165, 1.54) is 34.0 Å². The Morgan fingerprint density at radius 3 is 2.69 bits per heavy atom. The number of hydrogen-bond acceptors (Lipinski definition) is 1. The van der Waals surface area contributed by atoms with Gasteiger partial charge in [0.15, 0.2) is 0 Å². The molecule has 4 heteroatoms. The maximum absolute atomic E-state index is 14.0. The van der Waals surface area contributed by atoms with E-state index >= 15 is 0 Å². The fourth-order valence-electron chi connectivity index (χ4n) is 4.29. The van der Waals surface area contributed by atoms with Crippen molar-refractivity contribution < 1.29 is 14.3 Å². The van der Waals surface area contributed by atoms with Crippen LogP contribution in [0, 0.1) is 12.7 Å². The van der Waals surface area contributed by atoms with E-state index in [-0.39, 0.29) is 18.3 Å². The highest BCUT2D eigenvalue weighted by Crippen LogP contribution is 2.54. The summed E-state index contributed by atoms with van der Waals surface area (Å²) in [6.07, 6.45) is 0. The van der Waals surface area contributed by atoms with Crippen molar-refractivity contribution in [2.24, 2.45) is 0 Å². The van der Waals surface area contributed by atoms with Crippen LogP contribution in [-0.4, -0.2) is 15.6 Å². The van der Waals surface area contributed by atoms with Gasteiger partial charge in [0.1, 0.15) is 12.4 Å². The minimum Gasteiger partial charge on any atom is -0.480 e. The van der Waals surface area contributed by atoms with Crippen LogP contribution in [0.5, 0.6) is 0 Å². The van der Waals surface area contributed by atoms with E-state index in [4.69, 9.17) is 0 Å². The summed E-state index contributed by atoms with van der Waals surface area (Å²) in [5.41, 5.74) is 5.18. The number of aliphatic carboxylic acids is 1. The molecule has 0 saturated carbocycles. The number of carboxylic acids is 1. The Labute approximate surface area is 149 Å². The maximum atomic E-state index is 14.0. The van der Waals surface area contributed by atoms with Crippen molar-refractivity contribution in [3.8, 4) is 0 Å². The smallest absolute Gasteiger partial charge is 0.323 e. The van der Waals surface area contributed by atoms with Crippen molar-refractivity contribution in [1.82, 2.24) is 4.57 Å². The molecule has 5 rings (SSSR count). The van der Waals surface area contributed by atoms with Crippen molar-refractivity contribution in [2.45, 2.75) is 19.4 Å². The van der Waals surface area contributed by atoms with Gasteiger partial charge < -0.3 is 9.67 Å². The molecule has 1 aliphatic rings. The van der Waals surface area contributed by atoms with Gasteiger partial charge >= 0.3 is 5.97 Å². The van der Waals surface area contributed by atoms with Gasteiger partial charge in [-0.15, -0.1) is 0 Å². The zero-order valence-corrected chi connectivity index (χ0v) is 14.2. The van der Waals surface area contributed by atoms with Gasteiger partial charge in [-0.05, 0) is 52.6 Å². The monoisotopic (exact) mass is 345 g/mol. The summed E-state index contributed by atoms with van der Waals surface area (Å²) < 4.78 is 15.7. The molecule has 3 nitrogen and oxygen atoms in total. The van der Waals surface area contributed by atoms with E-state index in [0.717, 1.165) is 22.2 Å². The summed E-state index contributed by atoms with van der Waals surface area (Å²) in [5.74, 6) is -1.10. The summed E-state index contributed by atoms with van der Waals surface area (Å²) in [4.78, 5) is 11.3. The van der Waals surface area contributed by atoms with E-state index in [0.29, 0.717) is 0 Å². The Morgan fingerprint density at radius 1 is 1.08 bits per heavy atom. The molecular weight excluding hydrogens is 329 g/mol. The minimum absolute atomic E-state index is 0.106. The molecule has 0 amide bonds. The number of halogens is 1. The van der Waals surface area contributed by atoms with Gasteiger partial charge in [0.25, 0.3) is 0 Å². The van der Waals surface area contributed by atoms with E-state index in [2.05, 4.69) is 24.3 Å².